The minimum atomic E-state index is -3.44. The highest BCUT2D eigenvalue weighted by Gasteiger charge is 2.05. The molecule has 0 aliphatic heterocycles. The maximum atomic E-state index is 10.6. The fourth-order valence-electron chi connectivity index (χ4n) is 0.952. The molecular formula is C8H9ClO3S. The molecule has 0 aliphatic rings. The van der Waals surface area contributed by atoms with Gasteiger partial charge in [0, 0.05) is 10.7 Å². The predicted molar refractivity (Wildman–Crippen MR) is 51.5 cm³/mol. The third-order valence-corrected chi connectivity index (χ3v) is 2.70. The number of rotatable bonds is 3. The lowest BCUT2D eigenvalue weighted by Gasteiger charge is -1.99. The molecule has 0 saturated carbocycles. The summed E-state index contributed by atoms with van der Waals surface area (Å²) >= 11 is 0. The Morgan fingerprint density at radius 1 is 1.38 bits per heavy atom. The van der Waals surface area contributed by atoms with Crippen molar-refractivity contribution in [3.63, 3.8) is 0 Å². The molecular weight excluding hydrogens is 212 g/mol. The van der Waals surface area contributed by atoms with Crippen molar-refractivity contribution in [1.82, 2.24) is 0 Å². The Hall–Kier alpha value is -0.740. The van der Waals surface area contributed by atoms with Gasteiger partial charge in [-0.3, -0.25) is 0 Å². The summed E-state index contributed by atoms with van der Waals surface area (Å²) in [6.07, 6.45) is 0.320. The highest BCUT2D eigenvalue weighted by atomic mass is 35.7. The van der Waals surface area contributed by atoms with Crippen molar-refractivity contribution in [2.45, 2.75) is 6.42 Å². The van der Waals surface area contributed by atoms with Gasteiger partial charge in [-0.25, -0.2) is 8.42 Å². The van der Waals surface area contributed by atoms with E-state index in [4.69, 9.17) is 15.8 Å². The smallest absolute Gasteiger partial charge is 0.232 e. The van der Waals surface area contributed by atoms with E-state index in [9.17, 15) is 8.42 Å². The minimum absolute atomic E-state index is 0.113. The fraction of sp³-hybridized carbons (Fsp3) is 0.250. The molecule has 0 saturated heterocycles. The van der Waals surface area contributed by atoms with Crippen LogP contribution in [0.1, 0.15) is 5.56 Å². The van der Waals surface area contributed by atoms with E-state index in [-0.39, 0.29) is 11.5 Å². The molecule has 0 amide bonds. The van der Waals surface area contributed by atoms with Gasteiger partial charge in [0.15, 0.2) is 0 Å². The second kappa shape index (κ2) is 3.98. The Bertz CT molecular complexity index is 386. The van der Waals surface area contributed by atoms with Gasteiger partial charge in [0.2, 0.25) is 9.05 Å². The Morgan fingerprint density at radius 3 is 2.62 bits per heavy atom. The van der Waals surface area contributed by atoms with E-state index in [1.54, 1.807) is 12.1 Å². The number of aryl methyl sites for hydroxylation is 1. The Labute approximate surface area is 81.4 Å². The van der Waals surface area contributed by atoms with Crippen LogP contribution in [0.3, 0.4) is 0 Å². The van der Waals surface area contributed by atoms with Crippen molar-refractivity contribution in [1.29, 1.82) is 0 Å². The highest BCUT2D eigenvalue weighted by molar-refractivity contribution is 8.13. The van der Waals surface area contributed by atoms with Crippen molar-refractivity contribution in [3.8, 4) is 5.75 Å². The number of hydrogen-bond donors (Lipinski definition) is 1. The van der Waals surface area contributed by atoms with Crippen molar-refractivity contribution < 1.29 is 13.5 Å². The van der Waals surface area contributed by atoms with Crippen LogP contribution in [-0.4, -0.2) is 19.3 Å². The van der Waals surface area contributed by atoms with Crippen LogP contribution in [0.4, 0.5) is 0 Å². The van der Waals surface area contributed by atoms with E-state index in [0.29, 0.717) is 6.42 Å². The molecule has 1 aromatic carbocycles. The summed E-state index contributed by atoms with van der Waals surface area (Å²) in [4.78, 5) is 0. The standard InChI is InChI=1S/C8H9ClO3S/c9-13(11,12)5-4-7-2-1-3-8(10)6-7/h1-3,6,10H,4-5H2. The normalized spacial score (nSPS) is 11.5. The minimum Gasteiger partial charge on any atom is -0.508 e. The van der Waals surface area contributed by atoms with Crippen LogP contribution < -0.4 is 0 Å². The number of benzene rings is 1. The van der Waals surface area contributed by atoms with Gasteiger partial charge in [-0.05, 0) is 24.1 Å². The van der Waals surface area contributed by atoms with Gasteiger partial charge in [0.05, 0.1) is 5.75 Å². The van der Waals surface area contributed by atoms with Gasteiger partial charge >= 0.3 is 0 Å². The van der Waals surface area contributed by atoms with Gasteiger partial charge in [-0.1, -0.05) is 12.1 Å². The van der Waals surface area contributed by atoms with Crippen LogP contribution in [-0.2, 0) is 15.5 Å². The summed E-state index contributed by atoms with van der Waals surface area (Å²) in [7, 11) is 1.59. The van der Waals surface area contributed by atoms with Gasteiger partial charge in [0.25, 0.3) is 0 Å². The van der Waals surface area contributed by atoms with E-state index in [0.717, 1.165) is 5.56 Å². The average Bonchev–Trinajstić information content (AvgIpc) is 2.00. The molecule has 0 aromatic heterocycles. The second-order valence-corrected chi connectivity index (χ2v) is 5.56. The van der Waals surface area contributed by atoms with Gasteiger partial charge in [0.1, 0.15) is 5.75 Å². The zero-order chi connectivity index (χ0) is 9.90. The lowest BCUT2D eigenvalue weighted by atomic mass is 10.2. The first-order valence-electron chi connectivity index (χ1n) is 3.67. The predicted octanol–water partition coefficient (Wildman–Crippen LogP) is 1.50. The summed E-state index contributed by atoms with van der Waals surface area (Å²) in [5, 5.41) is 9.06. The highest BCUT2D eigenvalue weighted by Crippen LogP contribution is 2.12. The molecule has 5 heteroatoms. The van der Waals surface area contributed by atoms with Crippen LogP contribution in [0.2, 0.25) is 0 Å². The molecule has 0 atom stereocenters. The molecule has 0 unspecified atom stereocenters. The molecule has 0 fully saturated rings. The Morgan fingerprint density at radius 2 is 2.08 bits per heavy atom. The topological polar surface area (TPSA) is 54.4 Å². The van der Waals surface area contributed by atoms with Crippen LogP contribution in [0.5, 0.6) is 5.75 Å². The molecule has 3 nitrogen and oxygen atoms in total. The Kier molecular flexibility index (Phi) is 3.17. The summed E-state index contributed by atoms with van der Waals surface area (Å²) in [5.41, 5.74) is 0.754. The van der Waals surface area contributed by atoms with Crippen molar-refractivity contribution >= 4 is 19.7 Å². The summed E-state index contributed by atoms with van der Waals surface area (Å²) < 4.78 is 21.2. The van der Waals surface area contributed by atoms with Crippen molar-refractivity contribution in [3.05, 3.63) is 29.8 Å². The Balaban J connectivity index is 2.65. The van der Waals surface area contributed by atoms with E-state index in [1.807, 2.05) is 0 Å². The van der Waals surface area contributed by atoms with Crippen molar-refractivity contribution in [2.75, 3.05) is 5.75 Å². The monoisotopic (exact) mass is 220 g/mol. The maximum absolute atomic E-state index is 10.6. The third kappa shape index (κ3) is 4.15. The molecule has 1 aromatic rings. The molecule has 1 rings (SSSR count). The first kappa shape index (κ1) is 10.3. The van der Waals surface area contributed by atoms with Crippen LogP contribution in [0.15, 0.2) is 24.3 Å². The third-order valence-electron chi connectivity index (χ3n) is 1.55. The summed E-state index contributed by atoms with van der Waals surface area (Å²) in [6.45, 7) is 0. The maximum Gasteiger partial charge on any atom is 0.232 e. The lowest BCUT2D eigenvalue weighted by Crippen LogP contribution is -2.00. The van der Waals surface area contributed by atoms with Gasteiger partial charge in [-0.15, -0.1) is 0 Å². The van der Waals surface area contributed by atoms with Gasteiger partial charge < -0.3 is 5.11 Å². The second-order valence-electron chi connectivity index (χ2n) is 2.66. The molecule has 1 N–H and O–H groups in total. The first-order valence-corrected chi connectivity index (χ1v) is 6.15. The van der Waals surface area contributed by atoms with Crippen molar-refractivity contribution in [2.24, 2.45) is 0 Å². The number of phenols is 1. The number of phenolic OH excluding ortho intramolecular Hbond substituents is 1. The lowest BCUT2D eigenvalue weighted by molar-refractivity contribution is 0.474. The summed E-state index contributed by atoms with van der Waals surface area (Å²) in [6, 6.07) is 6.44. The quantitative estimate of drug-likeness (QED) is 0.786. The zero-order valence-corrected chi connectivity index (χ0v) is 8.35. The van der Waals surface area contributed by atoms with Crippen LogP contribution in [0, 0.1) is 0 Å². The summed E-state index contributed by atoms with van der Waals surface area (Å²) in [5.74, 6) is 0.0161. The van der Waals surface area contributed by atoms with E-state index < -0.39 is 9.05 Å². The molecule has 72 valence electrons. The fourth-order valence-corrected chi connectivity index (χ4v) is 1.66. The molecule has 0 spiro atoms. The SMILES string of the molecule is O=S(=O)(Cl)CCc1cccc(O)c1. The zero-order valence-electron chi connectivity index (χ0n) is 6.77. The molecule has 0 radical (unpaired) electrons. The molecule has 0 aliphatic carbocycles. The number of hydrogen-bond acceptors (Lipinski definition) is 3. The van der Waals surface area contributed by atoms with Gasteiger partial charge in [-0.2, -0.15) is 0 Å². The largest absolute Gasteiger partial charge is 0.508 e. The number of aromatic hydroxyl groups is 1. The average molecular weight is 221 g/mol. The van der Waals surface area contributed by atoms with E-state index >= 15 is 0 Å². The first-order chi connectivity index (χ1) is 5.97. The molecule has 0 bridgehead atoms. The molecule has 0 heterocycles. The van der Waals surface area contributed by atoms with E-state index in [1.165, 1.54) is 12.1 Å². The number of halogens is 1. The van der Waals surface area contributed by atoms with Crippen LogP contribution >= 0.6 is 10.7 Å². The molecule has 13 heavy (non-hydrogen) atoms. The van der Waals surface area contributed by atoms with Crippen LogP contribution in [0.25, 0.3) is 0 Å². The van der Waals surface area contributed by atoms with E-state index in [2.05, 4.69) is 0 Å².